The van der Waals surface area contributed by atoms with Crippen molar-refractivity contribution in [2.24, 2.45) is 11.3 Å². The van der Waals surface area contributed by atoms with Crippen LogP contribution in [-0.2, 0) is 33.4 Å². The van der Waals surface area contributed by atoms with Gasteiger partial charge in [-0.05, 0) is 44.1 Å². The number of hydrogen-bond acceptors (Lipinski definition) is 9. The fourth-order valence-corrected chi connectivity index (χ4v) is 5.49. The molecule has 0 spiro atoms. The molecular formula is C36H57N5O9. The van der Waals surface area contributed by atoms with E-state index < -0.39 is 83.3 Å². The second-order valence-corrected chi connectivity index (χ2v) is 15.1. The van der Waals surface area contributed by atoms with Crippen LogP contribution < -0.4 is 21.3 Å². The lowest BCUT2D eigenvalue weighted by molar-refractivity contribution is -0.144. The van der Waals surface area contributed by atoms with E-state index in [1.165, 1.54) is 4.90 Å². The molecule has 1 aromatic rings. The van der Waals surface area contributed by atoms with Crippen molar-refractivity contribution < 1.29 is 43.3 Å². The number of hydrogen-bond donors (Lipinski definition) is 5. The number of nitrogens with zero attached hydrogens (tertiary/aromatic N) is 1. The summed E-state index contributed by atoms with van der Waals surface area (Å²) in [6.07, 6.45) is -0.589. The van der Waals surface area contributed by atoms with Gasteiger partial charge in [0.1, 0.15) is 12.1 Å². The standard InChI is InChI=1S/C36H57N5O9/c1-10-14-25(29(44)32(46)37-18-28(43)38-26(20-42)23-15-12-11-13-16-23)39-31(45)27-17-24(50-36(7,8)9)19-41(27)33(47)30(35(4,5)6)40-34(48)49-21-22(2)3/h11-13,15-16,22,24-27,30,42H,10,14,17-21H2,1-9H3,(H,37,46)(H,38,43)(H,39,45)(H,40,48). The molecule has 280 valence electrons. The first-order chi connectivity index (χ1) is 23.3. The van der Waals surface area contributed by atoms with Crippen LogP contribution in [0.4, 0.5) is 4.79 Å². The molecule has 14 heteroatoms. The normalized spacial score (nSPS) is 18.1. The molecule has 1 aliphatic heterocycles. The van der Waals surface area contributed by atoms with Crippen LogP contribution in [0.25, 0.3) is 0 Å². The number of ketones is 1. The van der Waals surface area contributed by atoms with Crippen LogP contribution in [0, 0.1) is 11.3 Å². The lowest BCUT2D eigenvalue weighted by atomic mass is 9.85. The molecule has 50 heavy (non-hydrogen) atoms. The summed E-state index contributed by atoms with van der Waals surface area (Å²) in [4.78, 5) is 80.7. The zero-order valence-electron chi connectivity index (χ0n) is 31.0. The topological polar surface area (TPSA) is 192 Å². The Morgan fingerprint density at radius 3 is 2.14 bits per heavy atom. The van der Waals surface area contributed by atoms with E-state index in [4.69, 9.17) is 9.47 Å². The van der Waals surface area contributed by atoms with Gasteiger partial charge in [0.05, 0.1) is 43.5 Å². The molecule has 5 unspecified atom stereocenters. The van der Waals surface area contributed by atoms with E-state index in [9.17, 15) is 33.9 Å². The third-order valence-electron chi connectivity index (χ3n) is 7.85. The van der Waals surface area contributed by atoms with Crippen LogP contribution in [0.2, 0.25) is 0 Å². The lowest BCUT2D eigenvalue weighted by Crippen LogP contribution is -2.59. The van der Waals surface area contributed by atoms with Crippen LogP contribution in [0.3, 0.4) is 0 Å². The maximum absolute atomic E-state index is 14.1. The molecule has 1 heterocycles. The third kappa shape index (κ3) is 13.3. The molecule has 5 N–H and O–H groups in total. The summed E-state index contributed by atoms with van der Waals surface area (Å²) in [7, 11) is 0. The van der Waals surface area contributed by atoms with Gasteiger partial charge in [0.25, 0.3) is 5.91 Å². The van der Waals surface area contributed by atoms with Gasteiger partial charge in [-0.15, -0.1) is 0 Å². The summed E-state index contributed by atoms with van der Waals surface area (Å²) in [5.74, 6) is -3.72. The van der Waals surface area contributed by atoms with Crippen molar-refractivity contribution in [2.75, 3.05) is 26.3 Å². The van der Waals surface area contributed by atoms with Gasteiger partial charge in [0.15, 0.2) is 0 Å². The molecule has 2 rings (SSSR count). The maximum atomic E-state index is 14.1. The molecule has 14 nitrogen and oxygen atoms in total. The zero-order chi connectivity index (χ0) is 37.8. The van der Waals surface area contributed by atoms with Gasteiger partial charge in [-0.25, -0.2) is 4.79 Å². The fraction of sp³-hybridized carbons (Fsp3) is 0.667. The van der Waals surface area contributed by atoms with Crippen LogP contribution in [-0.4, -0.2) is 102 Å². The molecule has 1 aliphatic rings. The largest absolute Gasteiger partial charge is 0.449 e. The number of alkyl carbamates (subject to hydrolysis) is 1. The van der Waals surface area contributed by atoms with E-state index in [-0.39, 0.29) is 38.5 Å². The van der Waals surface area contributed by atoms with E-state index in [0.717, 1.165) is 0 Å². The fourth-order valence-electron chi connectivity index (χ4n) is 5.49. The molecule has 5 atom stereocenters. The van der Waals surface area contributed by atoms with E-state index >= 15 is 0 Å². The minimum Gasteiger partial charge on any atom is -0.449 e. The minimum atomic E-state index is -1.23. The number of rotatable bonds is 16. The average molecular weight is 704 g/mol. The number of benzene rings is 1. The third-order valence-corrected chi connectivity index (χ3v) is 7.85. The Kier molecular flexibility index (Phi) is 15.9. The Bertz CT molecular complexity index is 1320. The highest BCUT2D eigenvalue weighted by Crippen LogP contribution is 2.29. The summed E-state index contributed by atoms with van der Waals surface area (Å²) in [5.41, 5.74) is -0.681. The molecule has 0 saturated carbocycles. The molecule has 5 amide bonds. The highest BCUT2D eigenvalue weighted by atomic mass is 16.5. The Morgan fingerprint density at radius 1 is 0.960 bits per heavy atom. The number of Topliss-reactive ketones (excluding diaryl/α,β-unsaturated/α-hetero) is 1. The molecule has 1 fully saturated rings. The number of carbonyl (C=O) groups excluding carboxylic acids is 6. The molecular weight excluding hydrogens is 646 g/mol. The average Bonchev–Trinajstić information content (AvgIpc) is 3.45. The molecule has 0 aliphatic carbocycles. The number of ether oxygens (including phenoxy) is 2. The summed E-state index contributed by atoms with van der Waals surface area (Å²) in [5, 5.41) is 20.0. The van der Waals surface area contributed by atoms with Crippen molar-refractivity contribution in [1.82, 2.24) is 26.2 Å². The Morgan fingerprint density at radius 2 is 1.60 bits per heavy atom. The van der Waals surface area contributed by atoms with Crippen molar-refractivity contribution in [3.8, 4) is 0 Å². The number of likely N-dealkylation sites (tertiary alicyclic amines) is 1. The number of nitrogens with one attached hydrogen (secondary N) is 4. The van der Waals surface area contributed by atoms with Gasteiger partial charge in [-0.3, -0.25) is 24.0 Å². The first kappa shape index (κ1) is 42.1. The Labute approximate surface area is 295 Å². The molecule has 1 saturated heterocycles. The monoisotopic (exact) mass is 703 g/mol. The zero-order valence-corrected chi connectivity index (χ0v) is 31.0. The van der Waals surface area contributed by atoms with Gasteiger partial charge in [-0.2, -0.15) is 0 Å². The number of amides is 5. The lowest BCUT2D eigenvalue weighted by Gasteiger charge is -2.35. The number of aliphatic hydroxyl groups is 1. The first-order valence-electron chi connectivity index (χ1n) is 17.3. The first-order valence-corrected chi connectivity index (χ1v) is 17.3. The smallest absolute Gasteiger partial charge is 0.407 e. The Hall–Kier alpha value is -4.04. The van der Waals surface area contributed by atoms with Gasteiger partial charge in [-0.1, -0.05) is 78.3 Å². The summed E-state index contributed by atoms with van der Waals surface area (Å²) in [6.45, 7) is 15.8. The van der Waals surface area contributed by atoms with Crippen molar-refractivity contribution in [3.63, 3.8) is 0 Å². The number of carbonyl (C=O) groups is 6. The van der Waals surface area contributed by atoms with Crippen LogP contribution in [0.15, 0.2) is 30.3 Å². The predicted molar refractivity (Wildman–Crippen MR) is 187 cm³/mol. The van der Waals surface area contributed by atoms with Crippen molar-refractivity contribution >= 4 is 35.5 Å². The number of aliphatic hydroxyl groups excluding tert-OH is 1. The molecule has 0 aromatic heterocycles. The van der Waals surface area contributed by atoms with Gasteiger partial charge >= 0.3 is 6.09 Å². The van der Waals surface area contributed by atoms with Gasteiger partial charge in [0, 0.05) is 13.0 Å². The maximum Gasteiger partial charge on any atom is 0.407 e. The highest BCUT2D eigenvalue weighted by molar-refractivity contribution is 6.38. The predicted octanol–water partition coefficient (Wildman–Crippen LogP) is 2.39. The van der Waals surface area contributed by atoms with Crippen molar-refractivity contribution in [2.45, 2.75) is 117 Å². The van der Waals surface area contributed by atoms with Crippen LogP contribution in [0.1, 0.15) is 93.2 Å². The van der Waals surface area contributed by atoms with E-state index in [1.54, 1.807) is 58.0 Å². The van der Waals surface area contributed by atoms with Crippen LogP contribution in [0.5, 0.6) is 0 Å². The van der Waals surface area contributed by atoms with Crippen LogP contribution >= 0.6 is 0 Å². The summed E-state index contributed by atoms with van der Waals surface area (Å²) >= 11 is 0. The molecule has 1 aromatic carbocycles. The van der Waals surface area contributed by atoms with Crippen molar-refractivity contribution in [1.29, 1.82) is 0 Å². The summed E-state index contributed by atoms with van der Waals surface area (Å²) < 4.78 is 11.4. The van der Waals surface area contributed by atoms with Crippen molar-refractivity contribution in [3.05, 3.63) is 35.9 Å². The van der Waals surface area contributed by atoms with E-state index in [2.05, 4.69) is 21.3 Å². The van der Waals surface area contributed by atoms with Gasteiger partial charge < -0.3 is 40.7 Å². The van der Waals surface area contributed by atoms with E-state index in [1.807, 2.05) is 34.6 Å². The molecule has 0 bridgehead atoms. The SMILES string of the molecule is CCCC(NC(=O)C1CC(OC(C)(C)C)CN1C(=O)C(NC(=O)OCC(C)C)C(C)(C)C)C(=O)C(=O)NCC(=O)NC(CO)c1ccccc1. The second kappa shape index (κ2) is 18.8. The quantitative estimate of drug-likeness (QED) is 0.161. The highest BCUT2D eigenvalue weighted by Gasteiger charge is 2.47. The second-order valence-electron chi connectivity index (χ2n) is 15.1. The minimum absolute atomic E-state index is 0.0588. The van der Waals surface area contributed by atoms with Gasteiger partial charge in [0.2, 0.25) is 23.5 Å². The van der Waals surface area contributed by atoms with E-state index in [0.29, 0.717) is 12.0 Å². The summed E-state index contributed by atoms with van der Waals surface area (Å²) in [6, 6.07) is 4.73. The Balaban J connectivity index is 2.21. The molecule has 0 radical (unpaired) electrons.